The Morgan fingerprint density at radius 1 is 1.32 bits per heavy atom. The van der Waals surface area contributed by atoms with E-state index in [1.165, 1.54) is 18.4 Å². The number of hydrogen-bond donors (Lipinski definition) is 1. The zero-order valence-corrected chi connectivity index (χ0v) is 12.5. The monoisotopic (exact) mass is 320 g/mol. The van der Waals surface area contributed by atoms with Crippen LogP contribution in [0.5, 0.6) is 0 Å². The van der Waals surface area contributed by atoms with Crippen LogP contribution < -0.4 is 5.32 Å². The molecule has 3 rings (SSSR count). The number of hydrogen-bond acceptors (Lipinski definition) is 3. The highest BCUT2D eigenvalue weighted by atomic mass is 79.9. The van der Waals surface area contributed by atoms with Crippen LogP contribution in [0.25, 0.3) is 0 Å². The van der Waals surface area contributed by atoms with E-state index in [4.69, 9.17) is 4.42 Å². The molecule has 100 valence electrons. The van der Waals surface area contributed by atoms with Gasteiger partial charge in [-0.1, -0.05) is 28.1 Å². The second-order valence-electron chi connectivity index (χ2n) is 5.16. The van der Waals surface area contributed by atoms with Crippen LogP contribution in [0.2, 0.25) is 0 Å². The zero-order valence-electron chi connectivity index (χ0n) is 10.9. The van der Waals surface area contributed by atoms with Crippen LogP contribution in [0.3, 0.4) is 0 Å². The van der Waals surface area contributed by atoms with Crippen molar-refractivity contribution in [3.63, 3.8) is 0 Å². The van der Waals surface area contributed by atoms with Crippen molar-refractivity contribution in [3.05, 3.63) is 52.1 Å². The van der Waals surface area contributed by atoms with Crippen LogP contribution in [0, 0.1) is 6.92 Å². The molecule has 0 atom stereocenters. The zero-order chi connectivity index (χ0) is 13.2. The van der Waals surface area contributed by atoms with Gasteiger partial charge in [0.25, 0.3) is 0 Å². The Kier molecular flexibility index (Phi) is 3.71. The van der Waals surface area contributed by atoms with Gasteiger partial charge in [0.15, 0.2) is 0 Å². The first kappa shape index (κ1) is 12.9. The highest BCUT2D eigenvalue weighted by Crippen LogP contribution is 2.37. The summed E-state index contributed by atoms with van der Waals surface area (Å²) in [5.74, 6) is 2.35. The molecule has 1 fully saturated rings. The number of halogens is 1. The third kappa shape index (κ3) is 3.07. The minimum absolute atomic E-state index is 0.584. The molecule has 1 heterocycles. The molecule has 1 aromatic heterocycles. The molecule has 1 aromatic carbocycles. The predicted molar refractivity (Wildman–Crippen MR) is 78.0 cm³/mol. The molecule has 1 aliphatic carbocycles. The second kappa shape index (κ2) is 5.47. The summed E-state index contributed by atoms with van der Waals surface area (Å²) in [5.41, 5.74) is 1.44. The molecule has 1 aliphatic rings. The summed E-state index contributed by atoms with van der Waals surface area (Å²) in [5, 5.41) is 3.49. The largest absolute Gasteiger partial charge is 0.445 e. The fourth-order valence-electron chi connectivity index (χ4n) is 2.51. The van der Waals surface area contributed by atoms with Gasteiger partial charge in [0.2, 0.25) is 5.89 Å². The summed E-state index contributed by atoms with van der Waals surface area (Å²) in [6, 6.07) is 9.24. The van der Waals surface area contributed by atoms with Gasteiger partial charge < -0.3 is 9.73 Å². The van der Waals surface area contributed by atoms with Gasteiger partial charge in [-0.05, 0) is 43.4 Å². The summed E-state index contributed by atoms with van der Waals surface area (Å²) >= 11 is 3.47. The summed E-state index contributed by atoms with van der Waals surface area (Å²) in [6.45, 7) is 2.65. The van der Waals surface area contributed by atoms with E-state index >= 15 is 0 Å². The molecule has 3 nitrogen and oxygen atoms in total. The normalized spacial score (nSPS) is 22.2. The molecule has 0 aliphatic heterocycles. The average molecular weight is 321 g/mol. The number of nitrogens with one attached hydrogen (secondary N) is 1. The number of aromatic nitrogens is 1. The molecule has 1 N–H and O–H groups in total. The Hall–Kier alpha value is -1.13. The van der Waals surface area contributed by atoms with Crippen LogP contribution in [0.4, 0.5) is 0 Å². The van der Waals surface area contributed by atoms with Crippen LogP contribution >= 0.6 is 15.9 Å². The number of benzene rings is 1. The van der Waals surface area contributed by atoms with Gasteiger partial charge in [-0.3, -0.25) is 0 Å². The number of aryl methyl sites for hydroxylation is 1. The van der Waals surface area contributed by atoms with E-state index in [2.05, 4.69) is 50.5 Å². The maximum Gasteiger partial charge on any atom is 0.208 e. The highest BCUT2D eigenvalue weighted by Gasteiger charge is 2.29. The fraction of sp³-hybridized carbons (Fsp3) is 0.400. The van der Waals surface area contributed by atoms with Crippen molar-refractivity contribution in [2.45, 2.75) is 38.3 Å². The van der Waals surface area contributed by atoms with E-state index in [1.807, 2.05) is 6.92 Å². The minimum Gasteiger partial charge on any atom is -0.445 e. The van der Waals surface area contributed by atoms with E-state index in [0.717, 1.165) is 22.7 Å². The highest BCUT2D eigenvalue weighted by molar-refractivity contribution is 9.10. The molecule has 0 spiro atoms. The minimum atomic E-state index is 0.584. The molecular formula is C15H17BrN2O. The molecule has 0 bridgehead atoms. The van der Waals surface area contributed by atoms with E-state index in [1.54, 1.807) is 6.20 Å². The Bertz CT molecular complexity index is 544. The van der Waals surface area contributed by atoms with Crippen molar-refractivity contribution in [3.8, 4) is 0 Å². The van der Waals surface area contributed by atoms with Gasteiger partial charge in [0.05, 0.1) is 12.7 Å². The van der Waals surface area contributed by atoms with E-state index in [9.17, 15) is 0 Å². The van der Waals surface area contributed by atoms with E-state index in [0.29, 0.717) is 12.0 Å². The molecule has 2 aromatic rings. The molecular weight excluding hydrogens is 304 g/mol. The molecule has 0 radical (unpaired) electrons. The third-order valence-electron chi connectivity index (χ3n) is 3.69. The van der Waals surface area contributed by atoms with Crippen molar-refractivity contribution < 1.29 is 4.42 Å². The van der Waals surface area contributed by atoms with Crippen LogP contribution in [-0.4, -0.2) is 11.0 Å². The molecule has 4 heteroatoms. The maximum absolute atomic E-state index is 5.45. The molecule has 0 amide bonds. The van der Waals surface area contributed by atoms with E-state index in [-0.39, 0.29) is 0 Å². The SMILES string of the molecule is Cc1cnc(CNC2CC(c3ccc(Br)cc3)C2)o1. The van der Waals surface area contributed by atoms with Crippen LogP contribution in [0.15, 0.2) is 39.4 Å². The van der Waals surface area contributed by atoms with Crippen molar-refractivity contribution in [2.75, 3.05) is 0 Å². The van der Waals surface area contributed by atoms with Crippen LogP contribution in [0.1, 0.15) is 36.0 Å². The first-order valence-electron chi connectivity index (χ1n) is 6.61. The lowest BCUT2D eigenvalue weighted by atomic mass is 9.76. The van der Waals surface area contributed by atoms with Crippen LogP contribution in [-0.2, 0) is 6.54 Å². The Labute approximate surface area is 121 Å². The topological polar surface area (TPSA) is 38.1 Å². The summed E-state index contributed by atoms with van der Waals surface area (Å²) in [6.07, 6.45) is 4.16. The Morgan fingerprint density at radius 3 is 2.68 bits per heavy atom. The first-order valence-corrected chi connectivity index (χ1v) is 7.40. The molecule has 0 unspecified atom stereocenters. The van der Waals surface area contributed by atoms with Gasteiger partial charge in [0, 0.05) is 10.5 Å². The van der Waals surface area contributed by atoms with Crippen molar-refractivity contribution >= 4 is 15.9 Å². The second-order valence-corrected chi connectivity index (χ2v) is 6.08. The quantitative estimate of drug-likeness (QED) is 0.931. The molecule has 19 heavy (non-hydrogen) atoms. The molecule has 1 saturated carbocycles. The Balaban J connectivity index is 1.46. The lowest BCUT2D eigenvalue weighted by Gasteiger charge is -2.36. The number of rotatable bonds is 4. The van der Waals surface area contributed by atoms with E-state index < -0.39 is 0 Å². The summed E-state index contributed by atoms with van der Waals surface area (Å²) < 4.78 is 6.59. The molecule has 0 saturated heterocycles. The maximum atomic E-state index is 5.45. The number of nitrogens with zero attached hydrogens (tertiary/aromatic N) is 1. The van der Waals surface area contributed by atoms with Gasteiger partial charge in [-0.2, -0.15) is 0 Å². The number of oxazole rings is 1. The van der Waals surface area contributed by atoms with Gasteiger partial charge in [-0.25, -0.2) is 4.98 Å². The summed E-state index contributed by atoms with van der Waals surface area (Å²) in [4.78, 5) is 4.20. The fourth-order valence-corrected chi connectivity index (χ4v) is 2.77. The predicted octanol–water partition coefficient (Wildman–Crippen LogP) is 3.78. The standard InChI is InChI=1S/C15H17BrN2O/c1-10-8-18-15(19-10)9-17-14-6-12(7-14)11-2-4-13(16)5-3-11/h2-5,8,12,14,17H,6-7,9H2,1H3. The van der Waals surface area contributed by atoms with Gasteiger partial charge in [-0.15, -0.1) is 0 Å². The van der Waals surface area contributed by atoms with Crippen molar-refractivity contribution in [2.24, 2.45) is 0 Å². The third-order valence-corrected chi connectivity index (χ3v) is 4.22. The van der Waals surface area contributed by atoms with Crippen molar-refractivity contribution in [1.29, 1.82) is 0 Å². The van der Waals surface area contributed by atoms with Crippen molar-refractivity contribution in [1.82, 2.24) is 10.3 Å². The lowest BCUT2D eigenvalue weighted by Crippen LogP contribution is -2.39. The first-order chi connectivity index (χ1) is 9.20. The van der Waals surface area contributed by atoms with Gasteiger partial charge >= 0.3 is 0 Å². The lowest BCUT2D eigenvalue weighted by molar-refractivity contribution is 0.278. The van der Waals surface area contributed by atoms with Gasteiger partial charge in [0.1, 0.15) is 5.76 Å². The Morgan fingerprint density at radius 2 is 2.05 bits per heavy atom. The summed E-state index contributed by atoms with van der Waals surface area (Å²) in [7, 11) is 0. The smallest absolute Gasteiger partial charge is 0.208 e. The average Bonchev–Trinajstić information content (AvgIpc) is 2.75.